The first-order chi connectivity index (χ1) is 8.67. The summed E-state index contributed by atoms with van der Waals surface area (Å²) in [5.74, 6) is -1.75. The largest absolute Gasteiger partial charge is 0.480 e. The molecular formula is C11H17F3N2O3. The standard InChI is InChI=1S/C11H17F3N2O3/c1-10(9(18)19)4-2-3-5-16(10)8(17)6-15-7-11(12,13)14/h15H,2-7H2,1H3,(H,18,19). The van der Waals surface area contributed by atoms with Gasteiger partial charge in [0.15, 0.2) is 0 Å². The number of rotatable bonds is 4. The summed E-state index contributed by atoms with van der Waals surface area (Å²) in [6.07, 6.45) is -2.73. The van der Waals surface area contributed by atoms with Gasteiger partial charge in [0, 0.05) is 6.54 Å². The maximum absolute atomic E-state index is 11.9. The Bertz CT molecular complexity index is 360. The lowest BCUT2D eigenvalue weighted by atomic mass is 9.88. The van der Waals surface area contributed by atoms with Gasteiger partial charge in [-0.05, 0) is 26.2 Å². The quantitative estimate of drug-likeness (QED) is 0.807. The summed E-state index contributed by atoms with van der Waals surface area (Å²) in [6, 6.07) is 0. The molecule has 110 valence electrons. The fourth-order valence-corrected chi connectivity index (χ4v) is 2.15. The Hall–Kier alpha value is -1.31. The number of carbonyl (C=O) groups excluding carboxylic acids is 1. The van der Waals surface area contributed by atoms with Crippen LogP contribution in [0.25, 0.3) is 0 Å². The van der Waals surface area contributed by atoms with Crippen LogP contribution in [-0.4, -0.2) is 53.2 Å². The number of hydrogen-bond acceptors (Lipinski definition) is 3. The third-order valence-electron chi connectivity index (χ3n) is 3.25. The van der Waals surface area contributed by atoms with Crippen molar-refractivity contribution < 1.29 is 27.9 Å². The lowest BCUT2D eigenvalue weighted by molar-refractivity contribution is -0.161. The molecule has 1 atom stereocenters. The predicted molar refractivity (Wildman–Crippen MR) is 60.5 cm³/mol. The van der Waals surface area contributed by atoms with Crippen molar-refractivity contribution >= 4 is 11.9 Å². The maximum atomic E-state index is 11.9. The van der Waals surface area contributed by atoms with Gasteiger partial charge in [-0.25, -0.2) is 4.79 Å². The lowest BCUT2D eigenvalue weighted by Gasteiger charge is -2.41. The number of halogens is 3. The average molecular weight is 282 g/mol. The highest BCUT2D eigenvalue weighted by Gasteiger charge is 2.43. The predicted octanol–water partition coefficient (Wildman–Crippen LogP) is 0.994. The number of carboxylic acids is 1. The van der Waals surface area contributed by atoms with Crippen LogP contribution in [0.5, 0.6) is 0 Å². The molecular weight excluding hydrogens is 265 g/mol. The second kappa shape index (κ2) is 5.77. The van der Waals surface area contributed by atoms with Crippen LogP contribution in [-0.2, 0) is 9.59 Å². The first kappa shape index (κ1) is 15.7. The van der Waals surface area contributed by atoms with Gasteiger partial charge in [-0.2, -0.15) is 13.2 Å². The van der Waals surface area contributed by atoms with Gasteiger partial charge in [0.2, 0.25) is 5.91 Å². The SMILES string of the molecule is CC1(C(=O)O)CCCCN1C(=O)CNCC(F)(F)F. The highest BCUT2D eigenvalue weighted by molar-refractivity contribution is 5.87. The fraction of sp³-hybridized carbons (Fsp3) is 0.818. The summed E-state index contributed by atoms with van der Waals surface area (Å²) in [7, 11) is 0. The summed E-state index contributed by atoms with van der Waals surface area (Å²) >= 11 is 0. The molecule has 2 N–H and O–H groups in total. The number of amides is 1. The molecule has 0 bridgehead atoms. The molecule has 1 fully saturated rings. The lowest BCUT2D eigenvalue weighted by Crippen LogP contribution is -2.59. The van der Waals surface area contributed by atoms with Gasteiger partial charge in [0.05, 0.1) is 13.1 Å². The van der Waals surface area contributed by atoms with Crippen LogP contribution in [0.15, 0.2) is 0 Å². The van der Waals surface area contributed by atoms with E-state index in [-0.39, 0.29) is 6.54 Å². The van der Waals surface area contributed by atoms with Gasteiger partial charge < -0.3 is 15.3 Å². The molecule has 5 nitrogen and oxygen atoms in total. The van der Waals surface area contributed by atoms with Gasteiger partial charge in [0.1, 0.15) is 5.54 Å². The number of piperidine rings is 1. The third kappa shape index (κ3) is 4.09. The number of carboxylic acid groups (broad SMARTS) is 1. The van der Waals surface area contributed by atoms with Crippen LogP contribution in [0.3, 0.4) is 0 Å². The molecule has 8 heteroatoms. The number of hydrogen-bond donors (Lipinski definition) is 2. The molecule has 0 radical (unpaired) electrons. The van der Waals surface area contributed by atoms with E-state index < -0.39 is 36.7 Å². The van der Waals surface area contributed by atoms with Crippen molar-refractivity contribution in [2.24, 2.45) is 0 Å². The second-order valence-electron chi connectivity index (χ2n) is 4.80. The topological polar surface area (TPSA) is 69.6 Å². The minimum Gasteiger partial charge on any atom is -0.480 e. The van der Waals surface area contributed by atoms with Gasteiger partial charge >= 0.3 is 12.1 Å². The number of alkyl halides is 3. The smallest absolute Gasteiger partial charge is 0.401 e. The van der Waals surface area contributed by atoms with E-state index in [1.54, 1.807) is 0 Å². The van der Waals surface area contributed by atoms with Gasteiger partial charge in [-0.15, -0.1) is 0 Å². The molecule has 1 aliphatic rings. The molecule has 0 spiro atoms. The van der Waals surface area contributed by atoms with Crippen LogP contribution >= 0.6 is 0 Å². The van der Waals surface area contributed by atoms with E-state index >= 15 is 0 Å². The summed E-state index contributed by atoms with van der Waals surface area (Å²) in [4.78, 5) is 24.2. The van der Waals surface area contributed by atoms with Gasteiger partial charge in [-0.3, -0.25) is 4.79 Å². The fourth-order valence-electron chi connectivity index (χ4n) is 2.15. The van der Waals surface area contributed by atoms with Crippen LogP contribution in [0, 0.1) is 0 Å². The Morgan fingerprint density at radius 2 is 2.00 bits per heavy atom. The number of aliphatic carboxylic acids is 1. The molecule has 19 heavy (non-hydrogen) atoms. The van der Waals surface area contributed by atoms with E-state index in [9.17, 15) is 27.9 Å². The second-order valence-corrected chi connectivity index (χ2v) is 4.80. The average Bonchev–Trinajstić information content (AvgIpc) is 2.27. The molecule has 0 aromatic heterocycles. The number of likely N-dealkylation sites (tertiary alicyclic amines) is 1. The minimum absolute atomic E-state index is 0.259. The molecule has 1 heterocycles. The van der Waals surface area contributed by atoms with E-state index in [4.69, 9.17) is 0 Å². The zero-order chi connectivity index (χ0) is 14.7. The summed E-state index contributed by atoms with van der Waals surface area (Å²) in [5.41, 5.74) is -1.32. The number of nitrogens with one attached hydrogen (secondary N) is 1. The van der Waals surface area contributed by atoms with E-state index in [1.165, 1.54) is 6.92 Å². The van der Waals surface area contributed by atoms with Crippen LogP contribution in [0.4, 0.5) is 13.2 Å². The zero-order valence-corrected chi connectivity index (χ0v) is 10.6. The minimum atomic E-state index is -4.39. The van der Waals surface area contributed by atoms with Crippen LogP contribution in [0.2, 0.25) is 0 Å². The van der Waals surface area contributed by atoms with Crippen molar-refractivity contribution in [3.8, 4) is 0 Å². The number of carbonyl (C=O) groups is 2. The van der Waals surface area contributed by atoms with E-state index in [2.05, 4.69) is 0 Å². The van der Waals surface area contributed by atoms with Crippen molar-refractivity contribution in [2.45, 2.75) is 37.9 Å². The Morgan fingerprint density at radius 3 is 2.53 bits per heavy atom. The molecule has 1 unspecified atom stereocenters. The highest BCUT2D eigenvalue weighted by Crippen LogP contribution is 2.28. The van der Waals surface area contributed by atoms with Gasteiger partial charge in [-0.1, -0.05) is 0 Å². The van der Waals surface area contributed by atoms with Crippen molar-refractivity contribution in [1.29, 1.82) is 0 Å². The van der Waals surface area contributed by atoms with Crippen LogP contribution in [0.1, 0.15) is 26.2 Å². The van der Waals surface area contributed by atoms with E-state index in [0.717, 1.165) is 4.90 Å². The van der Waals surface area contributed by atoms with Crippen LogP contribution < -0.4 is 5.32 Å². The maximum Gasteiger partial charge on any atom is 0.401 e. The Labute approximate surface area is 108 Å². The first-order valence-electron chi connectivity index (χ1n) is 5.98. The van der Waals surface area contributed by atoms with Crippen molar-refractivity contribution in [1.82, 2.24) is 10.2 Å². The van der Waals surface area contributed by atoms with Gasteiger partial charge in [0.25, 0.3) is 0 Å². The van der Waals surface area contributed by atoms with Crippen molar-refractivity contribution in [3.63, 3.8) is 0 Å². The normalized spacial score (nSPS) is 24.3. The number of nitrogens with zero attached hydrogens (tertiary/aromatic N) is 1. The van der Waals surface area contributed by atoms with Crippen molar-refractivity contribution in [2.75, 3.05) is 19.6 Å². The summed E-state index contributed by atoms with van der Waals surface area (Å²) < 4.78 is 35.8. The molecule has 0 aromatic carbocycles. The van der Waals surface area contributed by atoms with E-state index in [0.29, 0.717) is 19.3 Å². The zero-order valence-electron chi connectivity index (χ0n) is 10.6. The first-order valence-corrected chi connectivity index (χ1v) is 5.98. The third-order valence-corrected chi connectivity index (χ3v) is 3.25. The molecule has 0 aliphatic carbocycles. The summed E-state index contributed by atoms with van der Waals surface area (Å²) in [6.45, 7) is -0.0930. The Kier molecular flexibility index (Phi) is 4.78. The van der Waals surface area contributed by atoms with Crippen molar-refractivity contribution in [3.05, 3.63) is 0 Å². The Balaban J connectivity index is 2.61. The summed E-state index contributed by atoms with van der Waals surface area (Å²) in [5, 5.41) is 11.2. The molecule has 0 saturated carbocycles. The molecule has 1 saturated heterocycles. The van der Waals surface area contributed by atoms with E-state index in [1.807, 2.05) is 5.32 Å². The molecule has 0 aromatic rings. The molecule has 1 aliphatic heterocycles. The highest BCUT2D eigenvalue weighted by atomic mass is 19.4. The molecule has 1 amide bonds. The monoisotopic (exact) mass is 282 g/mol. The Morgan fingerprint density at radius 1 is 1.37 bits per heavy atom. The molecule has 1 rings (SSSR count).